The lowest BCUT2D eigenvalue weighted by Gasteiger charge is -2.17. The van der Waals surface area contributed by atoms with E-state index in [4.69, 9.17) is 10.5 Å². The molecule has 2 aromatic carbocycles. The van der Waals surface area contributed by atoms with Crippen molar-refractivity contribution in [2.24, 2.45) is 5.73 Å². The lowest BCUT2D eigenvalue weighted by atomic mass is 9.95. The largest absolute Gasteiger partial charge is 0.487 e. The van der Waals surface area contributed by atoms with Crippen LogP contribution < -0.4 is 10.5 Å². The summed E-state index contributed by atoms with van der Waals surface area (Å²) in [6.45, 7) is 3.55. The first-order valence-electron chi connectivity index (χ1n) is 9.34. The molecular formula is C22H25Cl2N3O2S. The normalized spacial score (nSPS) is 17.7. The number of hydrogen-bond donors (Lipinski definition) is 1. The zero-order valence-corrected chi connectivity index (χ0v) is 19.0. The number of ether oxygens (including phenoxy) is 1. The van der Waals surface area contributed by atoms with Gasteiger partial charge in [0.2, 0.25) is 0 Å². The van der Waals surface area contributed by atoms with Crippen molar-refractivity contribution in [2.75, 3.05) is 13.1 Å². The third-order valence-electron chi connectivity index (χ3n) is 5.01. The number of rotatable bonds is 5. The van der Waals surface area contributed by atoms with Crippen molar-refractivity contribution in [3.8, 4) is 5.75 Å². The number of carbonyl (C=O) groups is 1. The maximum atomic E-state index is 13.0. The monoisotopic (exact) mass is 465 g/mol. The number of nitrogens with zero attached hydrogens (tertiary/aromatic N) is 2. The number of aromatic nitrogens is 1. The maximum Gasteiger partial charge on any atom is 0.254 e. The van der Waals surface area contributed by atoms with Gasteiger partial charge in [0.05, 0.1) is 10.7 Å². The summed E-state index contributed by atoms with van der Waals surface area (Å²) >= 11 is 1.60. The molecule has 1 saturated heterocycles. The van der Waals surface area contributed by atoms with E-state index >= 15 is 0 Å². The van der Waals surface area contributed by atoms with Crippen LogP contribution in [0.3, 0.4) is 0 Å². The molecule has 0 aliphatic carbocycles. The Labute approximate surface area is 193 Å². The number of nitrogens with two attached hydrogens (primary N) is 1. The van der Waals surface area contributed by atoms with Gasteiger partial charge < -0.3 is 15.4 Å². The molecule has 0 unspecified atom stereocenters. The fourth-order valence-electron chi connectivity index (χ4n) is 3.58. The minimum Gasteiger partial charge on any atom is -0.487 e. The molecule has 0 saturated carbocycles. The van der Waals surface area contributed by atoms with E-state index < -0.39 is 0 Å². The van der Waals surface area contributed by atoms with Gasteiger partial charge >= 0.3 is 0 Å². The quantitative estimate of drug-likeness (QED) is 0.604. The molecule has 0 radical (unpaired) electrons. The molecule has 1 aliphatic rings. The average Bonchev–Trinajstić information content (AvgIpc) is 3.32. The van der Waals surface area contributed by atoms with E-state index in [1.807, 2.05) is 53.6 Å². The summed E-state index contributed by atoms with van der Waals surface area (Å²) in [5.74, 6) is 0.820. The van der Waals surface area contributed by atoms with Crippen LogP contribution in [-0.4, -0.2) is 34.9 Å². The third kappa shape index (κ3) is 5.52. The first-order valence-corrected chi connectivity index (χ1v) is 10.2. The Bertz CT molecular complexity index is 968. The number of carbonyl (C=O) groups excluding carboxylic acids is 1. The zero-order chi connectivity index (χ0) is 19.5. The number of hydrogen-bond acceptors (Lipinski definition) is 5. The molecule has 2 N–H and O–H groups in total. The summed E-state index contributed by atoms with van der Waals surface area (Å²) in [5, 5.41) is 3.00. The molecule has 1 aliphatic heterocycles. The van der Waals surface area contributed by atoms with Crippen LogP contribution in [0.2, 0.25) is 0 Å². The smallest absolute Gasteiger partial charge is 0.254 e. The Morgan fingerprint density at radius 1 is 1.17 bits per heavy atom. The van der Waals surface area contributed by atoms with Gasteiger partial charge in [-0.3, -0.25) is 4.79 Å². The molecular weight excluding hydrogens is 441 g/mol. The van der Waals surface area contributed by atoms with E-state index in [-0.39, 0.29) is 42.7 Å². The maximum absolute atomic E-state index is 13.0. The SMILES string of the molecule is Cc1nc(COc2cccc(C(=O)N3C[C@@H](N)[C@H](c4ccccc4)C3)c2)cs1.Cl.Cl. The van der Waals surface area contributed by atoms with E-state index in [0.29, 0.717) is 31.0 Å². The van der Waals surface area contributed by atoms with Crippen molar-refractivity contribution in [1.82, 2.24) is 9.88 Å². The lowest BCUT2D eigenvalue weighted by molar-refractivity contribution is 0.0788. The van der Waals surface area contributed by atoms with Crippen LogP contribution in [0.5, 0.6) is 5.75 Å². The fraction of sp³-hybridized carbons (Fsp3) is 0.273. The number of halogens is 2. The number of likely N-dealkylation sites (tertiary alicyclic amines) is 1. The number of thiazole rings is 1. The van der Waals surface area contributed by atoms with Crippen LogP contribution >= 0.6 is 36.2 Å². The molecule has 1 fully saturated rings. The van der Waals surface area contributed by atoms with Crippen molar-refractivity contribution < 1.29 is 9.53 Å². The number of amides is 1. The summed E-state index contributed by atoms with van der Waals surface area (Å²) in [7, 11) is 0. The molecule has 3 aromatic rings. The molecule has 4 rings (SSSR count). The van der Waals surface area contributed by atoms with Crippen molar-refractivity contribution >= 4 is 42.1 Å². The Balaban J connectivity index is 0.00000160. The second-order valence-electron chi connectivity index (χ2n) is 7.07. The molecule has 2 heterocycles. The van der Waals surface area contributed by atoms with Crippen LogP contribution in [0.25, 0.3) is 0 Å². The highest BCUT2D eigenvalue weighted by Gasteiger charge is 2.34. The molecule has 1 aromatic heterocycles. The minimum absolute atomic E-state index is 0. The van der Waals surface area contributed by atoms with Gasteiger partial charge in [0.25, 0.3) is 5.91 Å². The van der Waals surface area contributed by atoms with Gasteiger partial charge in [-0.25, -0.2) is 4.98 Å². The minimum atomic E-state index is -0.0568. The fourth-order valence-corrected chi connectivity index (χ4v) is 4.18. The second-order valence-corrected chi connectivity index (χ2v) is 8.13. The van der Waals surface area contributed by atoms with E-state index in [9.17, 15) is 4.79 Å². The molecule has 5 nitrogen and oxygen atoms in total. The standard InChI is InChI=1S/C22H23N3O2S.2ClH/c1-15-24-18(14-28-15)13-27-19-9-5-8-17(10-19)22(26)25-11-20(21(23)12-25)16-6-3-2-4-7-16;;/h2-10,14,20-21H,11-13,23H2,1H3;2*1H/t20-,21+;;/m0../s1. The Morgan fingerprint density at radius 3 is 2.63 bits per heavy atom. The summed E-state index contributed by atoms with van der Waals surface area (Å²) < 4.78 is 5.82. The number of aryl methyl sites for hydroxylation is 1. The second kappa shape index (κ2) is 10.8. The Kier molecular flexibility index (Phi) is 8.67. The predicted octanol–water partition coefficient (Wildman–Crippen LogP) is 4.44. The topological polar surface area (TPSA) is 68.5 Å². The van der Waals surface area contributed by atoms with Crippen LogP contribution in [0.1, 0.15) is 32.5 Å². The van der Waals surface area contributed by atoms with Crippen LogP contribution in [0.15, 0.2) is 60.0 Å². The molecule has 160 valence electrons. The number of benzene rings is 2. The van der Waals surface area contributed by atoms with Crippen LogP contribution in [0, 0.1) is 6.92 Å². The third-order valence-corrected chi connectivity index (χ3v) is 5.84. The van der Waals surface area contributed by atoms with Crippen molar-refractivity contribution in [3.63, 3.8) is 0 Å². The Morgan fingerprint density at radius 2 is 1.93 bits per heavy atom. The zero-order valence-electron chi connectivity index (χ0n) is 16.6. The first kappa shape index (κ1) is 24.2. The lowest BCUT2D eigenvalue weighted by Crippen LogP contribution is -2.32. The summed E-state index contributed by atoms with van der Waals surface area (Å²) in [6.07, 6.45) is 0. The van der Waals surface area contributed by atoms with Gasteiger partial charge in [-0.05, 0) is 30.7 Å². The summed E-state index contributed by atoms with van der Waals surface area (Å²) in [6, 6.07) is 17.4. The van der Waals surface area contributed by atoms with E-state index in [0.717, 1.165) is 10.7 Å². The first-order chi connectivity index (χ1) is 13.6. The molecule has 2 atom stereocenters. The Hall–Kier alpha value is -2.12. The van der Waals surface area contributed by atoms with E-state index in [1.54, 1.807) is 17.4 Å². The predicted molar refractivity (Wildman–Crippen MR) is 125 cm³/mol. The van der Waals surface area contributed by atoms with Gasteiger partial charge in [0, 0.05) is 36.0 Å². The van der Waals surface area contributed by atoms with E-state index in [1.165, 1.54) is 5.56 Å². The van der Waals surface area contributed by atoms with Gasteiger partial charge in [0.1, 0.15) is 12.4 Å². The van der Waals surface area contributed by atoms with Crippen LogP contribution in [-0.2, 0) is 6.61 Å². The van der Waals surface area contributed by atoms with Gasteiger partial charge in [-0.2, -0.15) is 0 Å². The molecule has 0 bridgehead atoms. The van der Waals surface area contributed by atoms with Crippen LogP contribution in [0.4, 0.5) is 0 Å². The summed E-state index contributed by atoms with van der Waals surface area (Å²) in [5.41, 5.74) is 9.04. The van der Waals surface area contributed by atoms with Crippen molar-refractivity contribution in [1.29, 1.82) is 0 Å². The highest BCUT2D eigenvalue weighted by Crippen LogP contribution is 2.28. The molecule has 1 amide bonds. The molecule has 30 heavy (non-hydrogen) atoms. The van der Waals surface area contributed by atoms with Gasteiger partial charge in [-0.15, -0.1) is 36.2 Å². The molecule has 8 heteroatoms. The van der Waals surface area contributed by atoms with Crippen molar-refractivity contribution in [2.45, 2.75) is 25.5 Å². The summed E-state index contributed by atoms with van der Waals surface area (Å²) in [4.78, 5) is 19.2. The highest BCUT2D eigenvalue weighted by atomic mass is 35.5. The average molecular weight is 466 g/mol. The highest BCUT2D eigenvalue weighted by molar-refractivity contribution is 7.09. The van der Waals surface area contributed by atoms with E-state index in [2.05, 4.69) is 17.1 Å². The van der Waals surface area contributed by atoms with Gasteiger partial charge in [0.15, 0.2) is 0 Å². The molecule has 0 spiro atoms. The van der Waals surface area contributed by atoms with Gasteiger partial charge in [-0.1, -0.05) is 36.4 Å². The van der Waals surface area contributed by atoms with Crippen molar-refractivity contribution in [3.05, 3.63) is 81.8 Å².